The highest BCUT2D eigenvalue weighted by atomic mass is 32.2. The summed E-state index contributed by atoms with van der Waals surface area (Å²) in [5.74, 6) is -0.0553. The van der Waals surface area contributed by atoms with Gasteiger partial charge in [0.25, 0.3) is 0 Å². The zero-order valence-corrected chi connectivity index (χ0v) is 7.06. The molecule has 0 spiro atoms. The SMILES string of the molecule is C=C/C=C(\C#N)S(=O)(=O)CC. The van der Waals surface area contributed by atoms with E-state index in [-0.39, 0.29) is 10.7 Å². The highest BCUT2D eigenvalue weighted by Gasteiger charge is 2.12. The van der Waals surface area contributed by atoms with Gasteiger partial charge in [0.2, 0.25) is 0 Å². The molecule has 0 aliphatic carbocycles. The lowest BCUT2D eigenvalue weighted by molar-refractivity contribution is 0.604. The Balaban J connectivity index is 5.00. The molecule has 0 amide bonds. The number of rotatable bonds is 3. The van der Waals surface area contributed by atoms with Crippen molar-refractivity contribution in [2.75, 3.05) is 5.75 Å². The zero-order chi connectivity index (χ0) is 8.91. The van der Waals surface area contributed by atoms with E-state index in [0.29, 0.717) is 0 Å². The van der Waals surface area contributed by atoms with E-state index >= 15 is 0 Å². The molecule has 0 unspecified atom stereocenters. The average molecular weight is 171 g/mol. The van der Waals surface area contributed by atoms with Gasteiger partial charge < -0.3 is 0 Å². The summed E-state index contributed by atoms with van der Waals surface area (Å²) in [6.45, 7) is 4.79. The number of hydrogen-bond donors (Lipinski definition) is 0. The summed E-state index contributed by atoms with van der Waals surface area (Å²) in [5.41, 5.74) is 0. The van der Waals surface area contributed by atoms with Gasteiger partial charge in [-0.25, -0.2) is 8.42 Å². The molecule has 3 nitrogen and oxygen atoms in total. The van der Waals surface area contributed by atoms with Crippen LogP contribution >= 0.6 is 0 Å². The molecule has 4 heteroatoms. The normalized spacial score (nSPS) is 12.2. The van der Waals surface area contributed by atoms with Crippen molar-refractivity contribution in [1.82, 2.24) is 0 Å². The minimum atomic E-state index is -3.34. The van der Waals surface area contributed by atoms with Crippen molar-refractivity contribution in [1.29, 1.82) is 5.26 Å². The number of hydrogen-bond acceptors (Lipinski definition) is 3. The molecular formula is C7H9NO2S. The molecule has 0 radical (unpaired) electrons. The lowest BCUT2D eigenvalue weighted by atomic mass is 10.5. The first-order valence-electron chi connectivity index (χ1n) is 3.04. The predicted octanol–water partition coefficient (Wildman–Crippen LogP) is 1.01. The van der Waals surface area contributed by atoms with Crippen molar-refractivity contribution in [3.05, 3.63) is 23.6 Å². The van der Waals surface area contributed by atoms with Crippen molar-refractivity contribution in [2.45, 2.75) is 6.92 Å². The lowest BCUT2D eigenvalue weighted by Gasteiger charge is -1.94. The van der Waals surface area contributed by atoms with Crippen molar-refractivity contribution in [3.63, 3.8) is 0 Å². The number of nitriles is 1. The standard InChI is InChI=1S/C7H9NO2S/c1-3-5-7(6-8)11(9,10)4-2/h3,5H,1,4H2,2H3/b7-5+. The Morgan fingerprint density at radius 1 is 1.73 bits per heavy atom. The Hall–Kier alpha value is -1.08. The minimum Gasteiger partial charge on any atom is -0.223 e. The molecule has 11 heavy (non-hydrogen) atoms. The van der Waals surface area contributed by atoms with Gasteiger partial charge in [0.1, 0.15) is 11.0 Å². The van der Waals surface area contributed by atoms with E-state index in [0.717, 1.165) is 0 Å². The molecule has 0 fully saturated rings. The van der Waals surface area contributed by atoms with E-state index < -0.39 is 9.84 Å². The molecule has 60 valence electrons. The molecule has 0 saturated carbocycles. The molecule has 0 heterocycles. The fourth-order valence-corrected chi connectivity index (χ4v) is 1.23. The summed E-state index contributed by atoms with van der Waals surface area (Å²) in [5, 5.41) is 8.38. The first-order valence-corrected chi connectivity index (χ1v) is 4.69. The summed E-state index contributed by atoms with van der Waals surface area (Å²) in [6.07, 6.45) is 2.48. The van der Waals surface area contributed by atoms with E-state index in [9.17, 15) is 8.42 Å². The van der Waals surface area contributed by atoms with Crippen LogP contribution in [0, 0.1) is 11.3 Å². The second-order valence-corrected chi connectivity index (χ2v) is 4.03. The topological polar surface area (TPSA) is 57.9 Å². The van der Waals surface area contributed by atoms with Gasteiger partial charge in [0, 0.05) is 0 Å². The third kappa shape index (κ3) is 2.56. The van der Waals surface area contributed by atoms with E-state index in [2.05, 4.69) is 6.58 Å². The van der Waals surface area contributed by atoms with Gasteiger partial charge in [0.15, 0.2) is 9.84 Å². The fraction of sp³-hybridized carbons (Fsp3) is 0.286. The smallest absolute Gasteiger partial charge is 0.188 e. The summed E-state index contributed by atoms with van der Waals surface area (Å²) >= 11 is 0. The molecule has 0 saturated heterocycles. The Morgan fingerprint density at radius 2 is 2.27 bits per heavy atom. The van der Waals surface area contributed by atoms with Crippen LogP contribution in [0.15, 0.2) is 23.6 Å². The molecule has 0 aliphatic rings. The van der Waals surface area contributed by atoms with Crippen LogP contribution in [0.5, 0.6) is 0 Å². The van der Waals surface area contributed by atoms with Crippen LogP contribution in [-0.4, -0.2) is 14.2 Å². The van der Waals surface area contributed by atoms with Crippen LogP contribution in [0.4, 0.5) is 0 Å². The number of sulfone groups is 1. The molecule has 0 aromatic heterocycles. The third-order valence-corrected chi connectivity index (χ3v) is 2.75. The van der Waals surface area contributed by atoms with Crippen LogP contribution in [-0.2, 0) is 9.84 Å². The highest BCUT2D eigenvalue weighted by Crippen LogP contribution is 2.05. The van der Waals surface area contributed by atoms with Gasteiger partial charge in [-0.05, 0) is 6.08 Å². The van der Waals surface area contributed by atoms with Crippen LogP contribution < -0.4 is 0 Å². The van der Waals surface area contributed by atoms with Crippen molar-refractivity contribution >= 4 is 9.84 Å². The average Bonchev–Trinajstić information content (AvgIpc) is 2.00. The summed E-state index contributed by atoms with van der Waals surface area (Å²) in [4.78, 5) is -0.227. The molecule has 0 aromatic carbocycles. The second kappa shape index (κ2) is 3.94. The first-order chi connectivity index (χ1) is 5.08. The van der Waals surface area contributed by atoms with E-state index in [1.807, 2.05) is 0 Å². The van der Waals surface area contributed by atoms with Crippen LogP contribution in [0.25, 0.3) is 0 Å². The predicted molar refractivity (Wildman–Crippen MR) is 43.4 cm³/mol. The van der Waals surface area contributed by atoms with Crippen molar-refractivity contribution < 1.29 is 8.42 Å². The Kier molecular flexibility index (Phi) is 3.55. The molecule has 0 N–H and O–H groups in total. The molecule has 0 aromatic rings. The third-order valence-electron chi connectivity index (χ3n) is 1.09. The molecular weight excluding hydrogens is 162 g/mol. The van der Waals surface area contributed by atoms with Crippen molar-refractivity contribution in [3.8, 4) is 6.07 Å². The summed E-state index contributed by atoms with van der Waals surface area (Å²) in [6, 6.07) is 1.60. The monoisotopic (exact) mass is 171 g/mol. The summed E-state index contributed by atoms with van der Waals surface area (Å²) < 4.78 is 22.0. The summed E-state index contributed by atoms with van der Waals surface area (Å²) in [7, 11) is -3.34. The lowest BCUT2D eigenvalue weighted by Crippen LogP contribution is -2.04. The van der Waals surface area contributed by atoms with Crippen LogP contribution in [0.1, 0.15) is 6.92 Å². The first kappa shape index (κ1) is 9.92. The Morgan fingerprint density at radius 3 is 2.55 bits per heavy atom. The zero-order valence-electron chi connectivity index (χ0n) is 6.24. The van der Waals surface area contributed by atoms with Gasteiger partial charge in [-0.1, -0.05) is 19.6 Å². The molecule has 0 atom stereocenters. The highest BCUT2D eigenvalue weighted by molar-refractivity contribution is 7.95. The van der Waals surface area contributed by atoms with Gasteiger partial charge in [-0.2, -0.15) is 5.26 Å². The van der Waals surface area contributed by atoms with Gasteiger partial charge in [0.05, 0.1) is 5.75 Å². The Labute approximate surface area is 66.6 Å². The minimum absolute atomic E-state index is 0.0553. The second-order valence-electron chi connectivity index (χ2n) is 1.78. The molecule has 0 rings (SSSR count). The van der Waals surface area contributed by atoms with Crippen molar-refractivity contribution in [2.24, 2.45) is 0 Å². The maximum Gasteiger partial charge on any atom is 0.188 e. The van der Waals surface area contributed by atoms with E-state index in [4.69, 9.17) is 5.26 Å². The van der Waals surface area contributed by atoms with Crippen LogP contribution in [0.2, 0.25) is 0 Å². The van der Waals surface area contributed by atoms with Gasteiger partial charge in [-0.3, -0.25) is 0 Å². The van der Waals surface area contributed by atoms with Gasteiger partial charge in [-0.15, -0.1) is 0 Å². The maximum absolute atomic E-state index is 11.0. The maximum atomic E-state index is 11.0. The molecule has 0 bridgehead atoms. The van der Waals surface area contributed by atoms with Gasteiger partial charge >= 0.3 is 0 Å². The van der Waals surface area contributed by atoms with E-state index in [1.54, 1.807) is 6.07 Å². The quantitative estimate of drug-likeness (QED) is 0.470. The molecule has 0 aliphatic heterocycles. The van der Waals surface area contributed by atoms with E-state index in [1.165, 1.54) is 19.1 Å². The largest absolute Gasteiger partial charge is 0.223 e. The fourth-order valence-electron chi connectivity index (χ4n) is 0.473. The number of allylic oxidation sites excluding steroid dienone is 3. The van der Waals surface area contributed by atoms with Crippen LogP contribution in [0.3, 0.4) is 0 Å². The Bertz CT molecular complexity index is 306. The number of nitrogens with zero attached hydrogens (tertiary/aromatic N) is 1.